The monoisotopic (exact) mass is 348 g/mol. The molecule has 3 aromatic rings. The highest BCUT2D eigenvalue weighted by atomic mass is 14.9. The van der Waals surface area contributed by atoms with Gasteiger partial charge in [0.1, 0.15) is 0 Å². The summed E-state index contributed by atoms with van der Waals surface area (Å²) in [6, 6.07) is 5.66. The van der Waals surface area contributed by atoms with Crippen LogP contribution < -0.4 is 11.5 Å². The standard InChI is InChI=1S/C20H20N6.2H2/c21-8-12-7-11(5-6-16(12)23)19-14-4-2-1-3-13(14)18-15(9-22)17(24)10-25-20(18)26-19;;/h5-10,21-22H,1-4,23-24H2;2*1H. The number of aromatic nitrogens is 2. The molecule has 0 saturated heterocycles. The minimum atomic E-state index is 0. The van der Waals surface area contributed by atoms with Gasteiger partial charge in [0.25, 0.3) is 0 Å². The molecule has 4 rings (SSSR count). The van der Waals surface area contributed by atoms with Crippen LogP contribution in [0.4, 0.5) is 11.4 Å². The minimum absolute atomic E-state index is 0. The number of nitrogens with one attached hydrogen (secondary N) is 2. The average Bonchev–Trinajstić information content (AvgIpc) is 2.68. The number of nitrogen functional groups attached to an aromatic ring is 2. The molecule has 0 bridgehead atoms. The maximum absolute atomic E-state index is 7.78. The summed E-state index contributed by atoms with van der Waals surface area (Å²) in [5.41, 5.74) is 19.3. The Balaban J connectivity index is 0.00000140. The van der Waals surface area contributed by atoms with Crippen LogP contribution in [-0.2, 0) is 12.8 Å². The van der Waals surface area contributed by atoms with Crippen LogP contribution in [0.2, 0.25) is 0 Å². The molecular formula is C20H24N6. The molecule has 6 N–H and O–H groups in total. The number of aryl methyl sites for hydroxylation is 1. The Morgan fingerprint density at radius 1 is 1.00 bits per heavy atom. The number of rotatable bonds is 3. The van der Waals surface area contributed by atoms with Crippen molar-refractivity contribution < 1.29 is 2.85 Å². The van der Waals surface area contributed by atoms with Gasteiger partial charge < -0.3 is 22.3 Å². The van der Waals surface area contributed by atoms with Gasteiger partial charge in [0.05, 0.1) is 17.6 Å². The first-order chi connectivity index (χ1) is 12.6. The van der Waals surface area contributed by atoms with Gasteiger partial charge in [-0.05, 0) is 48.9 Å². The number of nitrogens with zero attached hydrogens (tertiary/aromatic N) is 2. The Bertz CT molecular complexity index is 1060. The van der Waals surface area contributed by atoms with Crippen LogP contribution in [0.1, 0.15) is 37.9 Å². The van der Waals surface area contributed by atoms with Gasteiger partial charge in [-0.25, -0.2) is 9.97 Å². The van der Waals surface area contributed by atoms with Gasteiger partial charge in [0.15, 0.2) is 5.65 Å². The van der Waals surface area contributed by atoms with Gasteiger partial charge in [0.2, 0.25) is 0 Å². The molecule has 0 amide bonds. The highest BCUT2D eigenvalue weighted by Crippen LogP contribution is 2.37. The lowest BCUT2D eigenvalue weighted by Gasteiger charge is -2.22. The first kappa shape index (κ1) is 16.2. The van der Waals surface area contributed by atoms with E-state index in [2.05, 4.69) is 4.98 Å². The van der Waals surface area contributed by atoms with Crippen LogP contribution in [0.5, 0.6) is 0 Å². The number of benzene rings is 1. The number of hydrogen-bond donors (Lipinski definition) is 4. The Morgan fingerprint density at radius 3 is 2.50 bits per heavy atom. The fraction of sp³-hybridized carbons (Fsp3) is 0.200. The highest BCUT2D eigenvalue weighted by molar-refractivity contribution is 6.04. The second-order valence-corrected chi connectivity index (χ2v) is 6.58. The molecule has 0 fully saturated rings. The summed E-state index contributed by atoms with van der Waals surface area (Å²) in [6.45, 7) is 0. The summed E-state index contributed by atoms with van der Waals surface area (Å²) in [4.78, 5) is 9.26. The topological polar surface area (TPSA) is 126 Å². The molecule has 26 heavy (non-hydrogen) atoms. The van der Waals surface area contributed by atoms with E-state index in [9.17, 15) is 0 Å². The Morgan fingerprint density at radius 2 is 1.77 bits per heavy atom. The molecule has 6 nitrogen and oxygen atoms in total. The predicted octanol–water partition coefficient (Wildman–Crippen LogP) is 3.83. The lowest BCUT2D eigenvalue weighted by molar-refractivity contribution is 0.688. The second-order valence-electron chi connectivity index (χ2n) is 6.58. The van der Waals surface area contributed by atoms with Gasteiger partial charge in [-0.2, -0.15) is 0 Å². The van der Waals surface area contributed by atoms with Crippen LogP contribution in [0.25, 0.3) is 22.3 Å². The van der Waals surface area contributed by atoms with Crippen LogP contribution in [-0.4, -0.2) is 22.4 Å². The first-order valence-corrected chi connectivity index (χ1v) is 8.64. The molecular weight excluding hydrogens is 324 g/mol. The van der Waals surface area contributed by atoms with Crippen molar-refractivity contribution in [1.82, 2.24) is 9.97 Å². The number of nitrogens with two attached hydrogens (primary N) is 2. The zero-order valence-electron chi connectivity index (χ0n) is 14.3. The summed E-state index contributed by atoms with van der Waals surface area (Å²) >= 11 is 0. The average molecular weight is 348 g/mol. The van der Waals surface area contributed by atoms with E-state index >= 15 is 0 Å². The van der Waals surface area contributed by atoms with E-state index in [1.807, 2.05) is 18.2 Å². The molecule has 1 aromatic carbocycles. The van der Waals surface area contributed by atoms with Gasteiger partial charge in [0, 0.05) is 43.0 Å². The normalized spacial score (nSPS) is 13.4. The number of pyridine rings is 2. The Hall–Kier alpha value is -3.28. The van der Waals surface area contributed by atoms with Gasteiger partial charge in [-0.3, -0.25) is 0 Å². The summed E-state index contributed by atoms with van der Waals surface area (Å²) < 4.78 is 0. The Kier molecular flexibility index (Phi) is 3.88. The number of fused-ring (bicyclic) bond motifs is 3. The second kappa shape index (κ2) is 6.22. The molecule has 1 aliphatic rings. The number of hydrogen-bond acceptors (Lipinski definition) is 6. The van der Waals surface area contributed by atoms with Crippen LogP contribution in [0.15, 0.2) is 24.4 Å². The maximum Gasteiger partial charge on any atom is 0.160 e. The van der Waals surface area contributed by atoms with E-state index in [0.29, 0.717) is 28.1 Å². The molecule has 2 aromatic heterocycles. The molecule has 0 radical (unpaired) electrons. The van der Waals surface area contributed by atoms with Gasteiger partial charge in [-0.1, -0.05) is 6.07 Å². The highest BCUT2D eigenvalue weighted by Gasteiger charge is 2.22. The van der Waals surface area contributed by atoms with E-state index in [0.717, 1.165) is 42.3 Å². The van der Waals surface area contributed by atoms with Crippen LogP contribution >= 0.6 is 0 Å². The molecule has 134 valence electrons. The van der Waals surface area contributed by atoms with Gasteiger partial charge >= 0.3 is 0 Å². The third-order valence-electron chi connectivity index (χ3n) is 5.06. The lowest BCUT2D eigenvalue weighted by Crippen LogP contribution is -2.10. The zero-order valence-corrected chi connectivity index (χ0v) is 14.3. The molecule has 0 unspecified atom stereocenters. The quantitative estimate of drug-likeness (QED) is 0.424. The van der Waals surface area contributed by atoms with Crippen LogP contribution in [0, 0.1) is 10.8 Å². The van der Waals surface area contributed by atoms with Crippen molar-refractivity contribution in [3.05, 3.63) is 46.6 Å². The summed E-state index contributed by atoms with van der Waals surface area (Å²) in [6.07, 6.45) is 8.20. The van der Waals surface area contributed by atoms with Crippen molar-refractivity contribution >= 4 is 34.8 Å². The fourth-order valence-corrected chi connectivity index (χ4v) is 3.77. The fourth-order valence-electron chi connectivity index (χ4n) is 3.77. The molecule has 1 aliphatic carbocycles. The van der Waals surface area contributed by atoms with E-state index in [4.69, 9.17) is 27.3 Å². The number of anilines is 2. The van der Waals surface area contributed by atoms with Crippen molar-refractivity contribution in [2.75, 3.05) is 11.5 Å². The van der Waals surface area contributed by atoms with E-state index in [-0.39, 0.29) is 2.85 Å². The predicted molar refractivity (Wildman–Crippen MR) is 110 cm³/mol. The summed E-state index contributed by atoms with van der Waals surface area (Å²) in [7, 11) is 0. The van der Waals surface area contributed by atoms with Crippen molar-refractivity contribution in [2.45, 2.75) is 25.7 Å². The van der Waals surface area contributed by atoms with Crippen LogP contribution in [0.3, 0.4) is 0 Å². The molecule has 6 heteroatoms. The Labute approximate surface area is 154 Å². The third-order valence-corrected chi connectivity index (χ3v) is 5.06. The van der Waals surface area contributed by atoms with E-state index in [1.54, 1.807) is 6.20 Å². The molecule has 0 aliphatic heterocycles. The summed E-state index contributed by atoms with van der Waals surface area (Å²) in [5, 5.41) is 16.2. The van der Waals surface area contributed by atoms with Crippen molar-refractivity contribution in [1.29, 1.82) is 10.8 Å². The third kappa shape index (κ3) is 2.42. The zero-order chi connectivity index (χ0) is 18.3. The summed E-state index contributed by atoms with van der Waals surface area (Å²) in [5.74, 6) is 0. The van der Waals surface area contributed by atoms with E-state index < -0.39 is 0 Å². The smallest absolute Gasteiger partial charge is 0.160 e. The lowest BCUT2D eigenvalue weighted by atomic mass is 9.85. The molecule has 0 spiro atoms. The molecule has 0 atom stereocenters. The maximum atomic E-state index is 7.78. The minimum Gasteiger partial charge on any atom is -0.398 e. The molecule has 2 heterocycles. The van der Waals surface area contributed by atoms with Crippen molar-refractivity contribution in [3.63, 3.8) is 0 Å². The SMILES string of the molecule is N=Cc1cc(-c2nc3ncc(N)c(C=N)c3c3c2CCCC3)ccc1N.[HH].[HH]. The first-order valence-electron chi connectivity index (χ1n) is 8.64. The van der Waals surface area contributed by atoms with Crippen molar-refractivity contribution in [2.24, 2.45) is 0 Å². The molecule has 0 saturated carbocycles. The van der Waals surface area contributed by atoms with Gasteiger partial charge in [-0.15, -0.1) is 0 Å². The van der Waals surface area contributed by atoms with Crippen molar-refractivity contribution in [3.8, 4) is 11.3 Å². The van der Waals surface area contributed by atoms with E-state index in [1.165, 1.54) is 23.6 Å². The largest absolute Gasteiger partial charge is 0.398 e.